The maximum atomic E-state index is 13.9. The number of hydrogen-bond acceptors (Lipinski definition) is 8. The van der Waals surface area contributed by atoms with Crippen LogP contribution < -0.4 is 15.0 Å². The summed E-state index contributed by atoms with van der Waals surface area (Å²) in [7, 11) is 3.20. The summed E-state index contributed by atoms with van der Waals surface area (Å²) in [5.74, 6) is 1.86. The average Bonchev–Trinajstić information content (AvgIpc) is 3.24. The summed E-state index contributed by atoms with van der Waals surface area (Å²) in [6, 6.07) is 18.8. The molecule has 2 aromatic carbocycles. The van der Waals surface area contributed by atoms with Gasteiger partial charge in [-0.25, -0.2) is 4.98 Å². The van der Waals surface area contributed by atoms with Gasteiger partial charge < -0.3 is 9.47 Å². The molecule has 0 N–H and O–H groups in total. The van der Waals surface area contributed by atoms with Gasteiger partial charge in [-0.1, -0.05) is 47.4 Å². The molecule has 0 saturated heterocycles. The largest absolute Gasteiger partial charge is 0.497 e. The third kappa shape index (κ3) is 4.47. The Balaban J connectivity index is 1.76. The molecular formula is C25H20N4O3S3. The highest BCUT2D eigenvalue weighted by Crippen LogP contribution is 2.31. The average molecular weight is 521 g/mol. The fourth-order valence-corrected chi connectivity index (χ4v) is 5.90. The molecule has 0 aliphatic heterocycles. The lowest BCUT2D eigenvalue weighted by Gasteiger charge is -2.15. The van der Waals surface area contributed by atoms with Crippen LogP contribution >= 0.6 is 35.3 Å². The van der Waals surface area contributed by atoms with Gasteiger partial charge in [-0.2, -0.15) is 0 Å². The van der Waals surface area contributed by atoms with Gasteiger partial charge in [-0.15, -0.1) is 0 Å². The van der Waals surface area contributed by atoms with E-state index in [9.17, 15) is 4.79 Å². The van der Waals surface area contributed by atoms with Crippen LogP contribution in [0.2, 0.25) is 0 Å². The van der Waals surface area contributed by atoms with Crippen LogP contribution in [0.3, 0.4) is 0 Å². The SMILES string of the molecule is COc1cccc(-n2c(=S)sc3c(=O)n(-c4ccccc4OC)c(SCc4cccnc4)nc32)c1. The molecule has 7 nitrogen and oxygen atoms in total. The van der Waals surface area contributed by atoms with Gasteiger partial charge in [0.2, 0.25) is 0 Å². The summed E-state index contributed by atoms with van der Waals surface area (Å²) in [6.45, 7) is 0. The molecule has 0 radical (unpaired) electrons. The van der Waals surface area contributed by atoms with Crippen molar-refractivity contribution < 1.29 is 9.47 Å². The zero-order chi connectivity index (χ0) is 24.4. The van der Waals surface area contributed by atoms with Crippen LogP contribution in [-0.2, 0) is 5.75 Å². The number of nitrogens with zero attached hydrogens (tertiary/aromatic N) is 4. The number of hydrogen-bond donors (Lipinski definition) is 0. The second-order valence-electron chi connectivity index (χ2n) is 7.41. The van der Waals surface area contributed by atoms with E-state index in [0.717, 1.165) is 11.3 Å². The van der Waals surface area contributed by atoms with Gasteiger partial charge in [0, 0.05) is 24.2 Å². The number of thiazole rings is 1. The zero-order valence-electron chi connectivity index (χ0n) is 18.9. The van der Waals surface area contributed by atoms with Crippen molar-refractivity contribution in [3.8, 4) is 22.9 Å². The standard InChI is InChI=1S/C25H20N4O3S3/c1-31-18-9-5-8-17(13-18)28-22-21(35-25(28)33)23(30)29(19-10-3-4-11-20(19)32-2)24(27-22)34-15-16-7-6-12-26-14-16/h3-14H,15H2,1-2H3. The van der Waals surface area contributed by atoms with Gasteiger partial charge in [-0.3, -0.25) is 18.9 Å². The molecule has 0 bridgehead atoms. The van der Waals surface area contributed by atoms with Crippen LogP contribution in [0.5, 0.6) is 11.5 Å². The van der Waals surface area contributed by atoms with E-state index in [2.05, 4.69) is 4.98 Å². The van der Waals surface area contributed by atoms with Crippen molar-refractivity contribution in [2.24, 2.45) is 0 Å². The number of methoxy groups -OCH3 is 2. The van der Waals surface area contributed by atoms with E-state index in [1.165, 1.54) is 23.1 Å². The minimum absolute atomic E-state index is 0.203. The zero-order valence-corrected chi connectivity index (χ0v) is 21.3. The molecule has 10 heteroatoms. The molecule has 176 valence electrons. The maximum Gasteiger partial charge on any atom is 0.278 e. The number of pyridine rings is 1. The summed E-state index contributed by atoms with van der Waals surface area (Å²) >= 11 is 8.37. The van der Waals surface area contributed by atoms with E-state index in [4.69, 9.17) is 26.7 Å². The molecule has 3 aromatic heterocycles. The van der Waals surface area contributed by atoms with E-state index in [-0.39, 0.29) is 5.56 Å². The topological polar surface area (TPSA) is 71.2 Å². The highest BCUT2D eigenvalue weighted by atomic mass is 32.2. The number of benzene rings is 2. The van der Waals surface area contributed by atoms with Crippen molar-refractivity contribution in [1.82, 2.24) is 19.1 Å². The van der Waals surface area contributed by atoms with Gasteiger partial charge >= 0.3 is 0 Å². The van der Waals surface area contributed by atoms with Crippen molar-refractivity contribution in [3.63, 3.8) is 0 Å². The van der Waals surface area contributed by atoms with Crippen LogP contribution in [0.15, 0.2) is 83.0 Å². The predicted octanol–water partition coefficient (Wildman–Crippen LogP) is 5.67. The lowest BCUT2D eigenvalue weighted by atomic mass is 10.3. The van der Waals surface area contributed by atoms with Crippen molar-refractivity contribution in [3.05, 3.63) is 92.9 Å². The fraction of sp³-hybridized carbons (Fsp3) is 0.120. The van der Waals surface area contributed by atoms with Crippen LogP contribution in [0.1, 0.15) is 5.56 Å². The Hall–Kier alpha value is -3.47. The number of aromatic nitrogens is 4. The summed E-state index contributed by atoms with van der Waals surface area (Å²) in [5, 5.41) is 0.528. The number of fused-ring (bicyclic) bond motifs is 1. The normalized spacial score (nSPS) is 11.0. The van der Waals surface area contributed by atoms with Crippen molar-refractivity contribution in [2.45, 2.75) is 10.9 Å². The van der Waals surface area contributed by atoms with E-state index >= 15 is 0 Å². The Morgan fingerprint density at radius 2 is 1.89 bits per heavy atom. The van der Waals surface area contributed by atoms with E-state index in [1.807, 2.05) is 65.2 Å². The van der Waals surface area contributed by atoms with Gasteiger partial charge in [0.15, 0.2) is 14.8 Å². The molecule has 0 atom stereocenters. The summed E-state index contributed by atoms with van der Waals surface area (Å²) in [4.78, 5) is 23.1. The Labute approximate surface area is 214 Å². The molecule has 0 aliphatic rings. The van der Waals surface area contributed by atoms with E-state index < -0.39 is 0 Å². The number of thioether (sulfide) groups is 1. The summed E-state index contributed by atoms with van der Waals surface area (Å²) < 4.78 is 15.4. The Bertz CT molecular complexity index is 1630. The first-order chi connectivity index (χ1) is 17.1. The van der Waals surface area contributed by atoms with Crippen LogP contribution in [-0.4, -0.2) is 33.3 Å². The maximum absolute atomic E-state index is 13.9. The molecule has 0 aliphatic carbocycles. The Morgan fingerprint density at radius 3 is 2.66 bits per heavy atom. The second-order valence-corrected chi connectivity index (χ2v) is 10.0. The molecule has 0 unspecified atom stereocenters. The first kappa shape index (κ1) is 23.3. The Morgan fingerprint density at radius 1 is 1.03 bits per heavy atom. The van der Waals surface area contributed by atoms with Gasteiger partial charge in [-0.05, 0) is 48.1 Å². The molecule has 0 saturated carbocycles. The lowest BCUT2D eigenvalue weighted by Crippen LogP contribution is -2.22. The second kappa shape index (κ2) is 10.0. The summed E-state index contributed by atoms with van der Waals surface area (Å²) in [6.07, 6.45) is 3.54. The Kier molecular flexibility index (Phi) is 6.67. The highest BCUT2D eigenvalue weighted by Gasteiger charge is 2.21. The molecule has 0 spiro atoms. The smallest absolute Gasteiger partial charge is 0.278 e. The highest BCUT2D eigenvalue weighted by molar-refractivity contribution is 7.98. The minimum atomic E-state index is -0.203. The minimum Gasteiger partial charge on any atom is -0.497 e. The van der Waals surface area contributed by atoms with E-state index in [0.29, 0.717) is 42.4 Å². The molecule has 5 rings (SSSR count). The van der Waals surface area contributed by atoms with Crippen molar-refractivity contribution in [1.29, 1.82) is 0 Å². The quantitative estimate of drug-likeness (QED) is 0.155. The molecule has 3 heterocycles. The van der Waals surface area contributed by atoms with E-state index in [1.54, 1.807) is 31.2 Å². The predicted molar refractivity (Wildman–Crippen MR) is 142 cm³/mol. The first-order valence-electron chi connectivity index (χ1n) is 10.6. The third-order valence-corrected chi connectivity index (χ3v) is 7.67. The fourth-order valence-electron chi connectivity index (χ4n) is 3.67. The third-order valence-electron chi connectivity index (χ3n) is 5.31. The summed E-state index contributed by atoms with van der Waals surface area (Å²) in [5.41, 5.74) is 2.73. The molecule has 5 aromatic rings. The van der Waals surface area contributed by atoms with Crippen LogP contribution in [0.4, 0.5) is 0 Å². The van der Waals surface area contributed by atoms with Crippen molar-refractivity contribution in [2.75, 3.05) is 14.2 Å². The monoisotopic (exact) mass is 520 g/mol. The van der Waals surface area contributed by atoms with Crippen molar-refractivity contribution >= 4 is 45.7 Å². The van der Waals surface area contributed by atoms with Crippen LogP contribution in [0, 0.1) is 3.95 Å². The van der Waals surface area contributed by atoms with Gasteiger partial charge in [0.05, 0.1) is 25.6 Å². The lowest BCUT2D eigenvalue weighted by molar-refractivity contribution is 0.411. The number of rotatable bonds is 7. The van der Waals surface area contributed by atoms with Gasteiger partial charge in [0.1, 0.15) is 16.2 Å². The first-order valence-corrected chi connectivity index (χ1v) is 12.8. The number of para-hydroxylation sites is 2. The van der Waals surface area contributed by atoms with Gasteiger partial charge in [0.25, 0.3) is 5.56 Å². The molecule has 0 amide bonds. The molecule has 35 heavy (non-hydrogen) atoms. The molecule has 0 fully saturated rings. The molecular weight excluding hydrogens is 501 g/mol. The number of ether oxygens (including phenoxy) is 2. The van der Waals surface area contributed by atoms with Crippen LogP contribution in [0.25, 0.3) is 21.7 Å².